The van der Waals surface area contributed by atoms with E-state index in [0.717, 1.165) is 5.56 Å². The average Bonchev–Trinajstić information content (AvgIpc) is 2.63. The Balaban J connectivity index is 2.10. The minimum atomic E-state index is -0.658. The number of carbonyl (C=O) groups is 2. The number of nitrogens with one attached hydrogen (secondary N) is 2. The van der Waals surface area contributed by atoms with Crippen molar-refractivity contribution in [2.45, 2.75) is 25.4 Å². The molecule has 0 aliphatic carbocycles. The first-order valence-electron chi connectivity index (χ1n) is 8.29. The van der Waals surface area contributed by atoms with Gasteiger partial charge in [0.25, 0.3) is 5.91 Å². The summed E-state index contributed by atoms with van der Waals surface area (Å²) in [5.74, 6) is -0.492. The van der Waals surface area contributed by atoms with Crippen molar-refractivity contribution in [1.82, 2.24) is 10.6 Å². The molecule has 25 heavy (non-hydrogen) atoms. The lowest BCUT2D eigenvalue weighted by Crippen LogP contribution is -2.51. The highest BCUT2D eigenvalue weighted by molar-refractivity contribution is 5.97. The summed E-state index contributed by atoms with van der Waals surface area (Å²) in [4.78, 5) is 25.1. The molecule has 2 N–H and O–H groups in total. The standard InChI is InChI=1S/C20H24N2O3/c1-15(14-25-2)21-20(24)18(13-16-9-5-3-6-10-16)22-19(23)17-11-7-4-8-12-17/h3-12,15,18H,13-14H2,1-2H3,(H,21,24)(H,22,23). The van der Waals surface area contributed by atoms with Crippen LogP contribution in [0.3, 0.4) is 0 Å². The van der Waals surface area contributed by atoms with E-state index in [0.29, 0.717) is 18.6 Å². The van der Waals surface area contributed by atoms with Crippen molar-refractivity contribution >= 4 is 11.8 Å². The highest BCUT2D eigenvalue weighted by Crippen LogP contribution is 2.06. The lowest BCUT2D eigenvalue weighted by atomic mass is 10.0. The molecule has 2 rings (SSSR count). The first-order valence-corrected chi connectivity index (χ1v) is 8.29. The quantitative estimate of drug-likeness (QED) is 0.774. The average molecular weight is 340 g/mol. The van der Waals surface area contributed by atoms with Crippen LogP contribution in [-0.2, 0) is 16.0 Å². The van der Waals surface area contributed by atoms with E-state index in [4.69, 9.17) is 4.74 Å². The molecule has 0 saturated heterocycles. The van der Waals surface area contributed by atoms with Gasteiger partial charge in [-0.05, 0) is 24.6 Å². The number of benzene rings is 2. The van der Waals surface area contributed by atoms with Crippen LogP contribution in [0.15, 0.2) is 60.7 Å². The van der Waals surface area contributed by atoms with E-state index in [9.17, 15) is 9.59 Å². The van der Waals surface area contributed by atoms with Crippen molar-refractivity contribution in [2.24, 2.45) is 0 Å². The summed E-state index contributed by atoms with van der Waals surface area (Å²) in [6, 6.07) is 17.7. The first-order chi connectivity index (χ1) is 12.1. The molecule has 2 unspecified atom stereocenters. The number of hydrogen-bond donors (Lipinski definition) is 2. The van der Waals surface area contributed by atoms with Crippen molar-refractivity contribution in [3.8, 4) is 0 Å². The molecular weight excluding hydrogens is 316 g/mol. The maximum absolute atomic E-state index is 12.6. The van der Waals surface area contributed by atoms with Crippen molar-refractivity contribution in [3.63, 3.8) is 0 Å². The predicted molar refractivity (Wildman–Crippen MR) is 97.3 cm³/mol. The van der Waals surface area contributed by atoms with E-state index < -0.39 is 6.04 Å². The first kappa shape index (κ1) is 18.7. The summed E-state index contributed by atoms with van der Waals surface area (Å²) >= 11 is 0. The van der Waals surface area contributed by atoms with E-state index >= 15 is 0 Å². The molecule has 132 valence electrons. The van der Waals surface area contributed by atoms with Crippen LogP contribution >= 0.6 is 0 Å². The molecule has 0 saturated carbocycles. The zero-order chi connectivity index (χ0) is 18.1. The van der Waals surface area contributed by atoms with Crippen molar-refractivity contribution in [3.05, 3.63) is 71.8 Å². The summed E-state index contributed by atoms with van der Waals surface area (Å²) in [7, 11) is 1.58. The number of amides is 2. The van der Waals surface area contributed by atoms with E-state index in [-0.39, 0.29) is 17.9 Å². The van der Waals surface area contributed by atoms with Crippen LogP contribution in [0.2, 0.25) is 0 Å². The van der Waals surface area contributed by atoms with Gasteiger partial charge in [-0.3, -0.25) is 9.59 Å². The molecule has 0 aromatic heterocycles. The lowest BCUT2D eigenvalue weighted by Gasteiger charge is -2.21. The second-order valence-corrected chi connectivity index (χ2v) is 5.95. The van der Waals surface area contributed by atoms with Crippen LogP contribution in [0.1, 0.15) is 22.8 Å². The third-order valence-electron chi connectivity index (χ3n) is 3.75. The maximum Gasteiger partial charge on any atom is 0.251 e. The van der Waals surface area contributed by atoms with Gasteiger partial charge >= 0.3 is 0 Å². The topological polar surface area (TPSA) is 67.4 Å². The van der Waals surface area contributed by atoms with Crippen molar-refractivity contribution in [1.29, 1.82) is 0 Å². The maximum atomic E-state index is 12.6. The minimum absolute atomic E-state index is 0.135. The van der Waals surface area contributed by atoms with Crippen molar-refractivity contribution in [2.75, 3.05) is 13.7 Å². The highest BCUT2D eigenvalue weighted by Gasteiger charge is 2.23. The van der Waals surface area contributed by atoms with Gasteiger partial charge in [-0.15, -0.1) is 0 Å². The predicted octanol–water partition coefficient (Wildman–Crippen LogP) is 2.18. The van der Waals surface area contributed by atoms with E-state index in [1.807, 2.05) is 43.3 Å². The number of ether oxygens (including phenoxy) is 1. The van der Waals surface area contributed by atoms with Crippen LogP contribution in [0.5, 0.6) is 0 Å². The Morgan fingerprint density at radius 2 is 1.56 bits per heavy atom. The SMILES string of the molecule is COCC(C)NC(=O)C(Cc1ccccc1)NC(=O)c1ccccc1. The monoisotopic (exact) mass is 340 g/mol. The molecule has 0 radical (unpaired) electrons. The van der Waals surface area contributed by atoms with Crippen LogP contribution in [-0.4, -0.2) is 37.6 Å². The van der Waals surface area contributed by atoms with Gasteiger partial charge in [0, 0.05) is 25.1 Å². The molecule has 0 heterocycles. The molecule has 0 fully saturated rings. The van der Waals surface area contributed by atoms with Gasteiger partial charge in [-0.2, -0.15) is 0 Å². The summed E-state index contributed by atoms with van der Waals surface area (Å²) in [6.07, 6.45) is 0.422. The van der Waals surface area contributed by atoms with Gasteiger partial charge in [0.05, 0.1) is 6.61 Å². The second-order valence-electron chi connectivity index (χ2n) is 5.95. The minimum Gasteiger partial charge on any atom is -0.383 e. The zero-order valence-electron chi connectivity index (χ0n) is 14.6. The highest BCUT2D eigenvalue weighted by atomic mass is 16.5. The smallest absolute Gasteiger partial charge is 0.251 e. The van der Waals surface area contributed by atoms with Crippen LogP contribution in [0.4, 0.5) is 0 Å². The number of rotatable bonds is 8. The van der Waals surface area contributed by atoms with Crippen molar-refractivity contribution < 1.29 is 14.3 Å². The van der Waals surface area contributed by atoms with Crippen LogP contribution in [0.25, 0.3) is 0 Å². The molecule has 0 aliphatic heterocycles. The fourth-order valence-corrected chi connectivity index (χ4v) is 2.53. The van der Waals surface area contributed by atoms with Gasteiger partial charge in [0.2, 0.25) is 5.91 Å². The van der Waals surface area contributed by atoms with E-state index in [2.05, 4.69) is 10.6 Å². The summed E-state index contributed by atoms with van der Waals surface area (Å²) in [5, 5.41) is 5.72. The Hall–Kier alpha value is -2.66. The molecule has 0 bridgehead atoms. The Labute approximate surface area is 148 Å². The Morgan fingerprint density at radius 3 is 2.16 bits per heavy atom. The van der Waals surface area contributed by atoms with Gasteiger partial charge in [-0.25, -0.2) is 0 Å². The summed E-state index contributed by atoms with van der Waals surface area (Å²) in [6.45, 7) is 2.27. The fourth-order valence-electron chi connectivity index (χ4n) is 2.53. The molecule has 2 atom stereocenters. The van der Waals surface area contributed by atoms with Gasteiger partial charge in [0.15, 0.2) is 0 Å². The molecule has 2 aromatic carbocycles. The Kier molecular flexibility index (Phi) is 7.16. The molecule has 0 aliphatic rings. The fraction of sp³-hybridized carbons (Fsp3) is 0.300. The third-order valence-corrected chi connectivity index (χ3v) is 3.75. The van der Waals surface area contributed by atoms with Gasteiger partial charge < -0.3 is 15.4 Å². The summed E-state index contributed by atoms with van der Waals surface area (Å²) < 4.78 is 5.05. The molecule has 5 nitrogen and oxygen atoms in total. The Morgan fingerprint density at radius 1 is 0.960 bits per heavy atom. The van der Waals surface area contributed by atoms with Crippen LogP contribution < -0.4 is 10.6 Å². The molecule has 5 heteroatoms. The van der Waals surface area contributed by atoms with Crippen LogP contribution in [0, 0.1) is 0 Å². The number of carbonyl (C=O) groups excluding carboxylic acids is 2. The summed E-state index contributed by atoms with van der Waals surface area (Å²) in [5.41, 5.74) is 1.51. The molecule has 2 aromatic rings. The number of hydrogen-bond acceptors (Lipinski definition) is 3. The number of methoxy groups -OCH3 is 1. The molecule has 2 amide bonds. The normalized spacial score (nSPS) is 12.9. The van der Waals surface area contributed by atoms with Gasteiger partial charge in [-0.1, -0.05) is 48.5 Å². The molecular formula is C20H24N2O3. The largest absolute Gasteiger partial charge is 0.383 e. The lowest BCUT2D eigenvalue weighted by molar-refractivity contribution is -0.123. The van der Waals surface area contributed by atoms with Gasteiger partial charge in [0.1, 0.15) is 6.04 Å². The Bertz CT molecular complexity index is 674. The molecule has 0 spiro atoms. The zero-order valence-corrected chi connectivity index (χ0v) is 14.6. The van der Waals surface area contributed by atoms with E-state index in [1.165, 1.54) is 0 Å². The third kappa shape index (κ3) is 6.04. The van der Waals surface area contributed by atoms with E-state index in [1.54, 1.807) is 31.4 Å². The second kappa shape index (κ2) is 9.59.